The summed E-state index contributed by atoms with van der Waals surface area (Å²) in [7, 11) is 0. The molecule has 0 bridgehead atoms. The number of anilines is 1. The minimum absolute atomic E-state index is 0.332. The lowest BCUT2D eigenvalue weighted by atomic mass is 9.85. The summed E-state index contributed by atoms with van der Waals surface area (Å²) in [5.74, 6) is -0.155. The summed E-state index contributed by atoms with van der Waals surface area (Å²) in [6.45, 7) is 0. The monoisotopic (exact) mass is 339 g/mol. The molecule has 120 valence electrons. The highest BCUT2D eigenvalue weighted by Crippen LogP contribution is 2.40. The lowest BCUT2D eigenvalue weighted by Gasteiger charge is -2.28. The maximum Gasteiger partial charge on any atom is 0.342 e. The van der Waals surface area contributed by atoms with Crippen LogP contribution in [0.2, 0.25) is 5.02 Å². The van der Waals surface area contributed by atoms with Crippen LogP contribution in [-0.4, -0.2) is 0 Å². The van der Waals surface area contributed by atoms with E-state index in [1.807, 2.05) is 30.3 Å². The van der Waals surface area contributed by atoms with E-state index in [0.717, 1.165) is 10.9 Å². The number of hydrogen-bond acceptors (Lipinski definition) is 5. The Morgan fingerprint density at radius 1 is 1.04 bits per heavy atom. The fourth-order valence-corrected chi connectivity index (χ4v) is 3.21. The van der Waals surface area contributed by atoms with Gasteiger partial charge in [0.2, 0.25) is 0 Å². The summed E-state index contributed by atoms with van der Waals surface area (Å²) in [6.07, 6.45) is 0. The fraction of sp³-hybridized carbons (Fsp3) is 0.0556. The number of nitrogens with two attached hydrogens (primary N) is 2. The molecule has 2 heterocycles. The van der Waals surface area contributed by atoms with E-state index >= 15 is 0 Å². The Morgan fingerprint density at radius 3 is 2.50 bits per heavy atom. The molecule has 5 nitrogen and oxygen atoms in total. The van der Waals surface area contributed by atoms with Crippen LogP contribution in [0.4, 0.5) is 5.69 Å². The molecule has 0 aliphatic carbocycles. The van der Waals surface area contributed by atoms with Crippen LogP contribution in [0.5, 0.6) is 0 Å². The highest BCUT2D eigenvalue weighted by molar-refractivity contribution is 6.30. The number of fused-ring (bicyclic) bond motifs is 3. The van der Waals surface area contributed by atoms with E-state index in [1.54, 1.807) is 18.2 Å². The van der Waals surface area contributed by atoms with Crippen molar-refractivity contribution in [2.24, 2.45) is 11.5 Å². The third kappa shape index (κ3) is 2.13. The van der Waals surface area contributed by atoms with Crippen LogP contribution in [0.15, 0.2) is 69.3 Å². The number of rotatable bonds is 1. The summed E-state index contributed by atoms with van der Waals surface area (Å²) in [6, 6.07) is 14.5. The van der Waals surface area contributed by atoms with Gasteiger partial charge in [0.05, 0.1) is 22.9 Å². The normalized spacial score (nSPS) is 16.8. The quantitative estimate of drug-likeness (QED) is 0.592. The van der Waals surface area contributed by atoms with Gasteiger partial charge in [0, 0.05) is 10.4 Å². The van der Waals surface area contributed by atoms with Crippen LogP contribution in [0.25, 0.3) is 11.0 Å². The molecule has 1 aliphatic rings. The second-order valence-corrected chi connectivity index (χ2v) is 6.09. The minimum atomic E-state index is -0.487. The molecular formula is C18H14ClN3O2. The van der Waals surface area contributed by atoms with Crippen LogP contribution in [-0.2, 0) is 0 Å². The molecule has 24 heavy (non-hydrogen) atoms. The number of nitrogens with one attached hydrogen (secondary N) is 1. The molecule has 1 aromatic heterocycles. The molecule has 0 spiro atoms. The molecular weight excluding hydrogens is 326 g/mol. The van der Waals surface area contributed by atoms with Crippen LogP contribution < -0.4 is 22.4 Å². The average molecular weight is 340 g/mol. The van der Waals surface area contributed by atoms with Gasteiger partial charge < -0.3 is 21.2 Å². The van der Waals surface area contributed by atoms with Gasteiger partial charge in [-0.1, -0.05) is 35.9 Å². The van der Waals surface area contributed by atoms with Gasteiger partial charge in [-0.3, -0.25) is 0 Å². The smallest absolute Gasteiger partial charge is 0.342 e. The molecule has 0 fully saturated rings. The molecule has 1 aliphatic heterocycles. The van der Waals surface area contributed by atoms with Crippen LogP contribution >= 0.6 is 11.6 Å². The van der Waals surface area contributed by atoms with Gasteiger partial charge in [0.1, 0.15) is 11.4 Å². The Labute approximate surface area is 142 Å². The van der Waals surface area contributed by atoms with E-state index in [9.17, 15) is 4.79 Å². The van der Waals surface area contributed by atoms with Gasteiger partial charge >= 0.3 is 5.63 Å². The van der Waals surface area contributed by atoms with Crippen LogP contribution in [0.3, 0.4) is 0 Å². The number of halogens is 1. The second kappa shape index (κ2) is 5.32. The zero-order valence-electron chi connectivity index (χ0n) is 12.5. The van der Waals surface area contributed by atoms with E-state index in [4.69, 9.17) is 27.5 Å². The number of benzene rings is 2. The molecule has 1 unspecified atom stereocenters. The standard InChI is InChI=1S/C18H14ClN3O2/c19-10-7-5-9(6-8-10)13-14-16(22-17(21)15(13)20)11-3-1-2-4-12(11)24-18(14)23/h1-8,13,22H,20-21H2. The van der Waals surface area contributed by atoms with Gasteiger partial charge in [-0.25, -0.2) is 4.79 Å². The number of para-hydroxylation sites is 1. The van der Waals surface area contributed by atoms with Crippen LogP contribution in [0.1, 0.15) is 17.0 Å². The Kier molecular flexibility index (Phi) is 3.25. The van der Waals surface area contributed by atoms with Crippen molar-refractivity contribution in [3.05, 3.63) is 86.6 Å². The number of allylic oxidation sites excluding steroid dienone is 1. The first kappa shape index (κ1) is 14.7. The fourth-order valence-electron chi connectivity index (χ4n) is 3.08. The Hall–Kier alpha value is -2.92. The topological polar surface area (TPSA) is 94.3 Å². The minimum Gasteiger partial charge on any atom is -0.422 e. The van der Waals surface area contributed by atoms with Crippen molar-refractivity contribution in [2.45, 2.75) is 5.92 Å². The van der Waals surface area contributed by atoms with E-state index in [-0.39, 0.29) is 0 Å². The van der Waals surface area contributed by atoms with E-state index in [2.05, 4.69) is 5.32 Å². The molecule has 4 rings (SSSR count). The van der Waals surface area contributed by atoms with Gasteiger partial charge in [-0.15, -0.1) is 0 Å². The lowest BCUT2D eigenvalue weighted by Crippen LogP contribution is -2.31. The largest absolute Gasteiger partial charge is 0.422 e. The van der Waals surface area contributed by atoms with Crippen molar-refractivity contribution in [3.8, 4) is 0 Å². The predicted molar refractivity (Wildman–Crippen MR) is 94.8 cm³/mol. The maximum absolute atomic E-state index is 12.6. The van der Waals surface area contributed by atoms with Crippen molar-refractivity contribution >= 4 is 28.3 Å². The molecule has 0 saturated heterocycles. The first-order chi connectivity index (χ1) is 11.6. The average Bonchev–Trinajstić information content (AvgIpc) is 2.58. The third-order valence-corrected chi connectivity index (χ3v) is 4.47. The van der Waals surface area contributed by atoms with E-state index in [1.165, 1.54) is 0 Å². The van der Waals surface area contributed by atoms with Crippen molar-refractivity contribution < 1.29 is 4.42 Å². The lowest BCUT2D eigenvalue weighted by molar-refractivity contribution is 0.547. The first-order valence-electron chi connectivity index (χ1n) is 7.39. The molecule has 2 aromatic carbocycles. The Balaban J connectivity index is 2.05. The van der Waals surface area contributed by atoms with Crippen molar-refractivity contribution in [3.63, 3.8) is 0 Å². The van der Waals surface area contributed by atoms with Crippen molar-refractivity contribution in [1.29, 1.82) is 0 Å². The number of hydrogen-bond donors (Lipinski definition) is 3. The molecule has 5 N–H and O–H groups in total. The zero-order valence-corrected chi connectivity index (χ0v) is 13.3. The molecule has 3 aromatic rings. The van der Waals surface area contributed by atoms with Gasteiger partial charge in [0.15, 0.2) is 0 Å². The third-order valence-electron chi connectivity index (χ3n) is 4.22. The highest BCUT2D eigenvalue weighted by atomic mass is 35.5. The Morgan fingerprint density at radius 2 is 1.75 bits per heavy atom. The van der Waals surface area contributed by atoms with E-state index in [0.29, 0.717) is 33.4 Å². The van der Waals surface area contributed by atoms with Crippen LogP contribution in [0, 0.1) is 0 Å². The molecule has 0 saturated carbocycles. The summed E-state index contributed by atoms with van der Waals surface area (Å²) in [4.78, 5) is 12.6. The summed E-state index contributed by atoms with van der Waals surface area (Å²) in [5.41, 5.74) is 14.6. The highest BCUT2D eigenvalue weighted by Gasteiger charge is 2.32. The zero-order chi connectivity index (χ0) is 16.8. The second-order valence-electron chi connectivity index (χ2n) is 5.65. The van der Waals surface area contributed by atoms with Gasteiger partial charge in [-0.05, 0) is 29.8 Å². The first-order valence-corrected chi connectivity index (χ1v) is 7.77. The predicted octanol–water partition coefficient (Wildman–Crippen LogP) is 3.09. The molecule has 0 radical (unpaired) electrons. The summed E-state index contributed by atoms with van der Waals surface area (Å²) >= 11 is 5.96. The van der Waals surface area contributed by atoms with Crippen molar-refractivity contribution in [2.75, 3.05) is 5.32 Å². The van der Waals surface area contributed by atoms with Gasteiger partial charge in [-0.2, -0.15) is 0 Å². The van der Waals surface area contributed by atoms with E-state index < -0.39 is 11.5 Å². The molecule has 1 atom stereocenters. The Bertz CT molecular complexity index is 1040. The molecule has 6 heteroatoms. The summed E-state index contributed by atoms with van der Waals surface area (Å²) < 4.78 is 5.48. The summed E-state index contributed by atoms with van der Waals surface area (Å²) in [5, 5.41) is 4.44. The maximum atomic E-state index is 12.6. The van der Waals surface area contributed by atoms with Crippen molar-refractivity contribution in [1.82, 2.24) is 0 Å². The molecule has 0 amide bonds. The van der Waals surface area contributed by atoms with Gasteiger partial charge in [0.25, 0.3) is 0 Å². The SMILES string of the molecule is NC1=C(N)C(c2ccc(Cl)cc2)c2c(c3ccccc3oc2=O)N1.